The molecule has 0 aliphatic heterocycles. The number of halogens is 1. The van der Waals surface area contributed by atoms with E-state index in [2.05, 4.69) is 5.32 Å². The summed E-state index contributed by atoms with van der Waals surface area (Å²) in [5, 5.41) is 3.62. The van der Waals surface area contributed by atoms with E-state index in [4.69, 9.17) is 11.6 Å². The number of nitrogens with one attached hydrogen (secondary N) is 1. The third-order valence-electron chi connectivity index (χ3n) is 2.23. The molecule has 82 valence electrons. The highest BCUT2D eigenvalue weighted by atomic mass is 35.5. The summed E-state index contributed by atoms with van der Waals surface area (Å²) in [5.41, 5.74) is 1.02. The quantitative estimate of drug-likeness (QED) is 0.841. The molecule has 0 saturated carbocycles. The summed E-state index contributed by atoms with van der Waals surface area (Å²) in [4.78, 5) is 11.5. The molecule has 2 nitrogen and oxygen atoms in total. The summed E-state index contributed by atoms with van der Waals surface area (Å²) < 4.78 is 0. The van der Waals surface area contributed by atoms with Crippen molar-refractivity contribution in [2.75, 3.05) is 0 Å². The van der Waals surface area contributed by atoms with Crippen LogP contribution in [0.1, 0.15) is 32.4 Å². The van der Waals surface area contributed by atoms with Crippen molar-refractivity contribution >= 4 is 17.5 Å². The van der Waals surface area contributed by atoms with Crippen LogP contribution in [-0.2, 0) is 4.79 Å². The van der Waals surface area contributed by atoms with E-state index in [1.54, 1.807) is 0 Å². The molecule has 1 amide bonds. The van der Waals surface area contributed by atoms with Gasteiger partial charge in [0.25, 0.3) is 0 Å². The Morgan fingerprint density at radius 2 is 2.00 bits per heavy atom. The van der Waals surface area contributed by atoms with Crippen molar-refractivity contribution in [1.29, 1.82) is 0 Å². The Kier molecular flexibility index (Phi) is 4.15. The summed E-state index contributed by atoms with van der Waals surface area (Å²) in [6, 6.07) is 7.53. The van der Waals surface area contributed by atoms with E-state index in [1.165, 1.54) is 0 Å². The van der Waals surface area contributed by atoms with Crippen molar-refractivity contribution in [2.24, 2.45) is 5.92 Å². The lowest BCUT2D eigenvalue weighted by Crippen LogP contribution is -2.30. The Labute approximate surface area is 95.6 Å². The van der Waals surface area contributed by atoms with Crippen LogP contribution >= 0.6 is 11.6 Å². The summed E-state index contributed by atoms with van der Waals surface area (Å²) in [6.45, 7) is 5.70. The maximum Gasteiger partial charge on any atom is 0.223 e. The molecule has 0 spiro atoms. The standard InChI is InChI=1S/C12H16ClNO/c1-8(2)12(15)14-9(3)10-5-4-6-11(13)7-10/h4-9H,1-3H3,(H,14,15)/t9-/m1/s1. The first-order valence-corrected chi connectivity index (χ1v) is 5.44. The van der Waals surface area contributed by atoms with Crippen molar-refractivity contribution in [3.05, 3.63) is 34.9 Å². The van der Waals surface area contributed by atoms with Crippen LogP contribution < -0.4 is 5.32 Å². The zero-order valence-electron chi connectivity index (χ0n) is 9.25. The van der Waals surface area contributed by atoms with Crippen LogP contribution in [0, 0.1) is 5.92 Å². The first kappa shape index (κ1) is 12.1. The summed E-state index contributed by atoms with van der Waals surface area (Å²) in [6.07, 6.45) is 0. The maximum absolute atomic E-state index is 11.5. The average molecular weight is 226 g/mol. The van der Waals surface area contributed by atoms with Crippen LogP contribution in [-0.4, -0.2) is 5.91 Å². The molecule has 3 heteroatoms. The number of benzene rings is 1. The van der Waals surface area contributed by atoms with Gasteiger partial charge in [-0.25, -0.2) is 0 Å². The van der Waals surface area contributed by atoms with Gasteiger partial charge in [-0.05, 0) is 24.6 Å². The Balaban J connectivity index is 2.69. The van der Waals surface area contributed by atoms with E-state index in [1.807, 2.05) is 45.0 Å². The first-order chi connectivity index (χ1) is 7.00. The molecule has 0 fully saturated rings. The van der Waals surface area contributed by atoms with Crippen LogP contribution in [0.15, 0.2) is 24.3 Å². The molecule has 0 aromatic heterocycles. The van der Waals surface area contributed by atoms with Crippen LogP contribution in [0.3, 0.4) is 0 Å². The van der Waals surface area contributed by atoms with Crippen molar-refractivity contribution in [1.82, 2.24) is 5.32 Å². The van der Waals surface area contributed by atoms with Gasteiger partial charge < -0.3 is 5.32 Å². The number of carbonyl (C=O) groups excluding carboxylic acids is 1. The highest BCUT2D eigenvalue weighted by Gasteiger charge is 2.12. The highest BCUT2D eigenvalue weighted by molar-refractivity contribution is 6.30. The predicted octanol–water partition coefficient (Wildman–Crippen LogP) is 3.17. The number of amides is 1. The lowest BCUT2D eigenvalue weighted by molar-refractivity contribution is -0.124. The minimum atomic E-state index is -0.00130. The molecule has 15 heavy (non-hydrogen) atoms. The Morgan fingerprint density at radius 1 is 1.33 bits per heavy atom. The van der Waals surface area contributed by atoms with Crippen LogP contribution in [0.4, 0.5) is 0 Å². The van der Waals surface area contributed by atoms with Gasteiger partial charge in [-0.1, -0.05) is 37.6 Å². The van der Waals surface area contributed by atoms with Crippen LogP contribution in [0.5, 0.6) is 0 Å². The third kappa shape index (κ3) is 3.56. The highest BCUT2D eigenvalue weighted by Crippen LogP contribution is 2.17. The fourth-order valence-corrected chi connectivity index (χ4v) is 1.44. The molecule has 0 bridgehead atoms. The molecular formula is C12H16ClNO. The minimum absolute atomic E-state index is 0.00130. The molecule has 0 aliphatic carbocycles. The Hall–Kier alpha value is -1.02. The summed E-state index contributed by atoms with van der Waals surface area (Å²) in [5.74, 6) is 0.0640. The molecule has 1 atom stereocenters. The van der Waals surface area contributed by atoms with Crippen molar-refractivity contribution in [3.8, 4) is 0 Å². The lowest BCUT2D eigenvalue weighted by Gasteiger charge is -2.16. The first-order valence-electron chi connectivity index (χ1n) is 5.06. The molecule has 1 aromatic rings. The molecule has 1 N–H and O–H groups in total. The molecule has 1 aromatic carbocycles. The second kappa shape index (κ2) is 5.17. The predicted molar refractivity (Wildman–Crippen MR) is 62.8 cm³/mol. The zero-order chi connectivity index (χ0) is 11.4. The monoisotopic (exact) mass is 225 g/mol. The molecule has 0 heterocycles. The Morgan fingerprint density at radius 3 is 2.53 bits per heavy atom. The van der Waals surface area contributed by atoms with Crippen molar-refractivity contribution < 1.29 is 4.79 Å². The fraction of sp³-hybridized carbons (Fsp3) is 0.417. The average Bonchev–Trinajstić information content (AvgIpc) is 2.17. The van der Waals surface area contributed by atoms with E-state index in [0.29, 0.717) is 5.02 Å². The third-order valence-corrected chi connectivity index (χ3v) is 2.47. The number of hydrogen-bond acceptors (Lipinski definition) is 1. The number of rotatable bonds is 3. The SMILES string of the molecule is CC(C)C(=O)N[C@H](C)c1cccc(Cl)c1. The topological polar surface area (TPSA) is 29.1 Å². The van der Waals surface area contributed by atoms with Crippen molar-refractivity contribution in [3.63, 3.8) is 0 Å². The second-order valence-electron chi connectivity index (χ2n) is 3.94. The van der Waals surface area contributed by atoms with Gasteiger partial charge in [0.05, 0.1) is 6.04 Å². The summed E-state index contributed by atoms with van der Waals surface area (Å²) in [7, 11) is 0. The van der Waals surface area contributed by atoms with E-state index >= 15 is 0 Å². The number of carbonyl (C=O) groups is 1. The fourth-order valence-electron chi connectivity index (χ4n) is 1.24. The molecule has 0 saturated heterocycles. The largest absolute Gasteiger partial charge is 0.349 e. The second-order valence-corrected chi connectivity index (χ2v) is 4.38. The smallest absolute Gasteiger partial charge is 0.223 e. The van der Waals surface area contributed by atoms with Gasteiger partial charge in [0.15, 0.2) is 0 Å². The van der Waals surface area contributed by atoms with Gasteiger partial charge in [-0.2, -0.15) is 0 Å². The van der Waals surface area contributed by atoms with E-state index < -0.39 is 0 Å². The van der Waals surface area contributed by atoms with Gasteiger partial charge in [0.1, 0.15) is 0 Å². The zero-order valence-corrected chi connectivity index (χ0v) is 10.0. The van der Waals surface area contributed by atoms with Crippen molar-refractivity contribution in [2.45, 2.75) is 26.8 Å². The van der Waals surface area contributed by atoms with Gasteiger partial charge in [0, 0.05) is 10.9 Å². The van der Waals surface area contributed by atoms with Gasteiger partial charge in [-0.3, -0.25) is 4.79 Å². The molecule has 1 rings (SSSR count). The number of hydrogen-bond donors (Lipinski definition) is 1. The van der Waals surface area contributed by atoms with Crippen LogP contribution in [0.2, 0.25) is 5.02 Å². The molecule has 0 unspecified atom stereocenters. The van der Waals surface area contributed by atoms with E-state index in [-0.39, 0.29) is 17.9 Å². The van der Waals surface area contributed by atoms with Crippen LogP contribution in [0.25, 0.3) is 0 Å². The van der Waals surface area contributed by atoms with E-state index in [0.717, 1.165) is 5.56 Å². The van der Waals surface area contributed by atoms with Gasteiger partial charge in [0.2, 0.25) is 5.91 Å². The lowest BCUT2D eigenvalue weighted by atomic mass is 10.1. The minimum Gasteiger partial charge on any atom is -0.349 e. The maximum atomic E-state index is 11.5. The molecule has 0 aliphatic rings. The normalized spacial score (nSPS) is 12.6. The molecule has 0 radical (unpaired) electrons. The van der Waals surface area contributed by atoms with Gasteiger partial charge >= 0.3 is 0 Å². The van der Waals surface area contributed by atoms with E-state index in [9.17, 15) is 4.79 Å². The molecular weight excluding hydrogens is 210 g/mol. The van der Waals surface area contributed by atoms with Gasteiger partial charge in [-0.15, -0.1) is 0 Å². The summed E-state index contributed by atoms with van der Waals surface area (Å²) >= 11 is 5.88. The Bertz CT molecular complexity index is 349.